The van der Waals surface area contributed by atoms with Crippen molar-refractivity contribution in [3.8, 4) is 0 Å². The average molecular weight is 1030 g/mol. The van der Waals surface area contributed by atoms with Crippen molar-refractivity contribution in [1.29, 1.82) is 0 Å². The molecule has 15 nitrogen and oxygen atoms in total. The van der Waals surface area contributed by atoms with Gasteiger partial charge >= 0.3 is 0 Å². The Hall–Kier alpha value is -5.07. The number of rotatable bonds is 24. The van der Waals surface area contributed by atoms with Gasteiger partial charge in [-0.2, -0.15) is 0 Å². The fourth-order valence-electron chi connectivity index (χ4n) is 10.4. The van der Waals surface area contributed by atoms with E-state index in [1.807, 2.05) is 152 Å². The van der Waals surface area contributed by atoms with Gasteiger partial charge in [0.2, 0.25) is 0 Å². The molecule has 5 aromatic carbocycles. The summed E-state index contributed by atoms with van der Waals surface area (Å²) in [6.07, 6.45) is -6.82. The van der Waals surface area contributed by atoms with Crippen molar-refractivity contribution in [1.82, 2.24) is 0 Å². The molecule has 16 atom stereocenters. The van der Waals surface area contributed by atoms with Gasteiger partial charge in [-0.1, -0.05) is 184 Å². The van der Waals surface area contributed by atoms with Gasteiger partial charge in [-0.05, 0) is 40.1 Å². The first kappa shape index (κ1) is 54.7. The van der Waals surface area contributed by atoms with Crippen molar-refractivity contribution in [2.24, 2.45) is 28.8 Å². The van der Waals surface area contributed by atoms with Gasteiger partial charge in [-0.15, -0.1) is 0 Å². The lowest BCUT2D eigenvalue weighted by molar-refractivity contribution is -0.384. The molecule has 4 heterocycles. The molecule has 4 aliphatic rings. The summed E-state index contributed by atoms with van der Waals surface area (Å²) in [7, 11) is 0. The molecule has 0 aromatic heterocycles. The Labute approximate surface area is 441 Å². The Morgan fingerprint density at radius 2 is 1.01 bits per heavy atom. The molecule has 75 heavy (non-hydrogen) atoms. The Bertz CT molecular complexity index is 2460. The van der Waals surface area contributed by atoms with Crippen LogP contribution in [0.4, 0.5) is 0 Å². The quantitative estimate of drug-likeness (QED) is 0.0249. The summed E-state index contributed by atoms with van der Waals surface area (Å²) in [6.45, 7) is 11.2. The van der Waals surface area contributed by atoms with E-state index in [0.717, 1.165) is 27.8 Å². The highest BCUT2D eigenvalue weighted by molar-refractivity contribution is 5.18. The summed E-state index contributed by atoms with van der Waals surface area (Å²) in [5, 5.41) is 3.72. The average Bonchev–Trinajstić information content (AvgIpc) is 3.45. The van der Waals surface area contributed by atoms with Gasteiger partial charge in [-0.3, -0.25) is 0 Å². The van der Waals surface area contributed by atoms with E-state index in [-0.39, 0.29) is 68.9 Å². The zero-order valence-electron chi connectivity index (χ0n) is 43.5. The van der Waals surface area contributed by atoms with Crippen LogP contribution >= 0.6 is 0 Å². The van der Waals surface area contributed by atoms with Gasteiger partial charge in [0, 0.05) is 41.4 Å². The molecule has 0 saturated carbocycles. The van der Waals surface area contributed by atoms with Gasteiger partial charge in [0.25, 0.3) is 0 Å². The molecule has 0 spiro atoms. The molecule has 0 bridgehead atoms. The summed E-state index contributed by atoms with van der Waals surface area (Å²) in [4.78, 5) is 2.92. The first-order chi connectivity index (χ1) is 36.8. The SMILES string of the molecule is CC1[C@H](O[C@@H]2C(OCc3ccccc3)[C@H](O[C@@H]3C(COCc4ccccc4)O[C@@H](OCCCN=[N+]=[N-])C(OCc4ccccc4)[C@H]3C)OC(COCc3ccccc3)[C@@H]2C)OC2COC(c3ccccc3)O[C@H]2[C@@H]1C. The smallest absolute Gasteiger partial charge is 0.187 e. The zero-order chi connectivity index (χ0) is 51.8. The second-order valence-electron chi connectivity index (χ2n) is 20.1. The minimum atomic E-state index is -0.999. The normalized spacial score (nSPS) is 31.7. The van der Waals surface area contributed by atoms with Crippen LogP contribution in [0.2, 0.25) is 0 Å². The molecule has 4 saturated heterocycles. The molecule has 0 amide bonds. The highest BCUT2D eigenvalue weighted by Gasteiger charge is 2.54. The van der Waals surface area contributed by atoms with Gasteiger partial charge in [-0.25, -0.2) is 0 Å². The largest absolute Gasteiger partial charge is 0.374 e. The molecule has 15 heteroatoms. The minimum Gasteiger partial charge on any atom is -0.374 e. The molecular weight excluding hydrogens is 955 g/mol. The second kappa shape index (κ2) is 27.8. The number of nitrogens with zero attached hydrogens (tertiary/aromatic N) is 3. The standard InChI is InChI=1S/C60H73N3O12/c1-40-41(2)57(71-51-39-69-58(73-52(40)51)48-29-18-9-19-30-48)75-54-42(3)49(37-64-33-44-21-10-5-11-22-44)70-60(56(54)68-36-47-27-16-8-17-28-47)74-53-43(4)55(67-35-46-25-14-7-15-26-46)59(66-32-20-31-62-63-61)72-50(53)38-65-34-45-23-12-6-13-24-45/h5-19,21-30,40-43,49-60H,20,31-39H2,1-4H3/t40-,41?,42+,43+,49?,50?,51?,52+,53+,54+,55?,56?,57+,58?,59-,60+/m1/s1. The highest BCUT2D eigenvalue weighted by atomic mass is 16.8. The van der Waals surface area contributed by atoms with E-state index in [2.05, 4.69) is 37.7 Å². The summed E-state index contributed by atoms with van der Waals surface area (Å²) >= 11 is 0. The number of ether oxygens (including phenoxy) is 12. The monoisotopic (exact) mass is 1030 g/mol. The van der Waals surface area contributed by atoms with Gasteiger partial charge < -0.3 is 56.8 Å². The van der Waals surface area contributed by atoms with Crippen LogP contribution in [-0.4, -0.2) is 101 Å². The molecule has 4 fully saturated rings. The molecule has 400 valence electrons. The van der Waals surface area contributed by atoms with Crippen molar-refractivity contribution in [3.05, 3.63) is 190 Å². The maximum Gasteiger partial charge on any atom is 0.187 e. The predicted octanol–water partition coefficient (Wildman–Crippen LogP) is 10.9. The Kier molecular flexibility index (Phi) is 20.3. The lowest BCUT2D eigenvalue weighted by Gasteiger charge is -2.52. The van der Waals surface area contributed by atoms with Crippen molar-refractivity contribution >= 4 is 0 Å². The Balaban J connectivity index is 1.03. The maximum absolute atomic E-state index is 8.96. The summed E-state index contributed by atoms with van der Waals surface area (Å²) in [5.41, 5.74) is 14.0. The van der Waals surface area contributed by atoms with Crippen LogP contribution in [0.1, 0.15) is 68.2 Å². The Morgan fingerprint density at radius 3 is 1.60 bits per heavy atom. The van der Waals surface area contributed by atoms with E-state index < -0.39 is 61.8 Å². The van der Waals surface area contributed by atoms with Crippen LogP contribution in [0.25, 0.3) is 10.4 Å². The van der Waals surface area contributed by atoms with Crippen LogP contribution in [0.3, 0.4) is 0 Å². The van der Waals surface area contributed by atoms with E-state index in [0.29, 0.717) is 32.8 Å². The number of fused-ring (bicyclic) bond motifs is 1. The third-order valence-corrected chi connectivity index (χ3v) is 14.9. The second-order valence-corrected chi connectivity index (χ2v) is 20.1. The van der Waals surface area contributed by atoms with Crippen molar-refractivity contribution in [2.75, 3.05) is 33.0 Å². The number of azide groups is 1. The van der Waals surface area contributed by atoms with E-state index in [1.165, 1.54) is 0 Å². The van der Waals surface area contributed by atoms with Crippen LogP contribution in [-0.2, 0) is 83.3 Å². The molecule has 4 aliphatic heterocycles. The lowest BCUT2D eigenvalue weighted by Crippen LogP contribution is -2.63. The van der Waals surface area contributed by atoms with E-state index in [4.69, 9.17) is 62.4 Å². The fourth-order valence-corrected chi connectivity index (χ4v) is 10.4. The maximum atomic E-state index is 8.96. The molecule has 7 unspecified atom stereocenters. The minimum absolute atomic E-state index is 0.0543. The Morgan fingerprint density at radius 1 is 0.493 bits per heavy atom. The van der Waals surface area contributed by atoms with E-state index in [9.17, 15) is 0 Å². The van der Waals surface area contributed by atoms with Crippen molar-refractivity contribution < 1.29 is 56.8 Å². The van der Waals surface area contributed by atoms with E-state index in [1.54, 1.807) is 0 Å². The summed E-state index contributed by atoms with van der Waals surface area (Å²) in [6, 6.07) is 50.2. The molecule has 5 aromatic rings. The molecular formula is C60H73N3O12. The van der Waals surface area contributed by atoms with Gasteiger partial charge in [0.1, 0.15) is 24.4 Å². The van der Waals surface area contributed by atoms with Crippen LogP contribution < -0.4 is 0 Å². The molecule has 0 N–H and O–H groups in total. The van der Waals surface area contributed by atoms with Crippen molar-refractivity contribution in [2.45, 2.75) is 135 Å². The highest BCUT2D eigenvalue weighted by Crippen LogP contribution is 2.43. The van der Waals surface area contributed by atoms with Crippen molar-refractivity contribution in [3.63, 3.8) is 0 Å². The summed E-state index contributed by atoms with van der Waals surface area (Å²) in [5.74, 6) is -0.632. The third-order valence-electron chi connectivity index (χ3n) is 14.9. The molecule has 0 radical (unpaired) electrons. The number of hydrogen-bond acceptors (Lipinski definition) is 13. The molecule has 0 aliphatic carbocycles. The van der Waals surface area contributed by atoms with Gasteiger partial charge in [0.05, 0.1) is 70.7 Å². The van der Waals surface area contributed by atoms with Gasteiger partial charge in [0.15, 0.2) is 25.2 Å². The zero-order valence-corrected chi connectivity index (χ0v) is 43.5. The third kappa shape index (κ3) is 14.7. The first-order valence-corrected chi connectivity index (χ1v) is 26.6. The molecule has 9 rings (SSSR count). The number of benzene rings is 5. The van der Waals surface area contributed by atoms with Crippen LogP contribution in [0.15, 0.2) is 157 Å². The first-order valence-electron chi connectivity index (χ1n) is 26.6. The summed E-state index contributed by atoms with van der Waals surface area (Å²) < 4.78 is 82.1. The van der Waals surface area contributed by atoms with Crippen LogP contribution in [0, 0.1) is 23.7 Å². The lowest BCUT2D eigenvalue weighted by atomic mass is 9.83. The van der Waals surface area contributed by atoms with E-state index >= 15 is 0 Å². The topological polar surface area (TPSA) is 160 Å². The number of hydrogen-bond donors (Lipinski definition) is 0. The van der Waals surface area contributed by atoms with Crippen LogP contribution in [0.5, 0.6) is 0 Å². The predicted molar refractivity (Wildman–Crippen MR) is 279 cm³/mol. The fraction of sp³-hybridized carbons (Fsp3) is 0.500.